The quantitative estimate of drug-likeness (QED) is 0.875. The summed E-state index contributed by atoms with van der Waals surface area (Å²) in [4.78, 5) is 16.1. The summed E-state index contributed by atoms with van der Waals surface area (Å²) < 4.78 is 5.32. The van der Waals surface area contributed by atoms with Crippen molar-refractivity contribution < 1.29 is 9.53 Å². The van der Waals surface area contributed by atoms with Gasteiger partial charge in [-0.25, -0.2) is 9.78 Å². The molecule has 0 unspecified atom stereocenters. The number of nitrogens with one attached hydrogen (secondary N) is 1. The Hall–Kier alpha value is -2.87. The molecule has 0 spiro atoms. The molecule has 0 saturated heterocycles. The average Bonchev–Trinajstić information content (AvgIpc) is 2.52. The zero-order chi connectivity index (χ0) is 16.9. The summed E-state index contributed by atoms with van der Waals surface area (Å²) in [6.07, 6.45) is 1.52. The van der Waals surface area contributed by atoms with Crippen molar-refractivity contribution >= 4 is 11.8 Å². The highest BCUT2D eigenvalue weighted by atomic mass is 16.6. The van der Waals surface area contributed by atoms with Crippen LogP contribution in [-0.2, 0) is 11.3 Å². The van der Waals surface area contributed by atoms with Crippen LogP contribution < -0.4 is 5.32 Å². The van der Waals surface area contributed by atoms with Crippen LogP contribution in [0.5, 0.6) is 0 Å². The minimum Gasteiger partial charge on any atom is -0.456 e. The van der Waals surface area contributed by atoms with Crippen LogP contribution in [0.1, 0.15) is 42.3 Å². The van der Waals surface area contributed by atoms with E-state index in [4.69, 9.17) is 10.00 Å². The molecule has 0 aliphatic heterocycles. The Morgan fingerprint density at radius 3 is 2.43 bits per heavy atom. The van der Waals surface area contributed by atoms with Crippen LogP contribution in [0.25, 0.3) is 0 Å². The predicted octanol–water partition coefficient (Wildman–Crippen LogP) is 3.52. The summed E-state index contributed by atoms with van der Waals surface area (Å²) >= 11 is 0. The van der Waals surface area contributed by atoms with E-state index < -0.39 is 5.60 Å². The zero-order valence-corrected chi connectivity index (χ0v) is 13.5. The lowest BCUT2D eigenvalue weighted by Gasteiger charge is -2.19. The molecule has 2 aromatic rings. The van der Waals surface area contributed by atoms with Crippen molar-refractivity contribution in [1.29, 1.82) is 5.26 Å². The molecule has 1 aromatic heterocycles. The number of nitrogens with zero attached hydrogens (tertiary/aromatic N) is 2. The number of anilines is 1. The molecule has 0 aliphatic carbocycles. The second-order valence-electron chi connectivity index (χ2n) is 6.10. The maximum atomic E-state index is 11.9. The van der Waals surface area contributed by atoms with Crippen LogP contribution >= 0.6 is 0 Å². The Labute approximate surface area is 135 Å². The van der Waals surface area contributed by atoms with E-state index in [-0.39, 0.29) is 5.97 Å². The molecule has 1 aromatic carbocycles. The van der Waals surface area contributed by atoms with Crippen LogP contribution in [0, 0.1) is 11.3 Å². The number of carbonyl (C=O) groups excluding carboxylic acids is 1. The third-order valence-corrected chi connectivity index (χ3v) is 2.95. The number of pyridine rings is 1. The van der Waals surface area contributed by atoms with Crippen LogP contribution in [0.4, 0.5) is 5.82 Å². The minimum absolute atomic E-state index is 0.328. The van der Waals surface area contributed by atoms with Gasteiger partial charge < -0.3 is 10.1 Å². The van der Waals surface area contributed by atoms with Gasteiger partial charge >= 0.3 is 5.97 Å². The molecule has 0 saturated carbocycles. The maximum Gasteiger partial charge on any atom is 0.338 e. The number of esters is 1. The lowest BCUT2D eigenvalue weighted by Crippen LogP contribution is -2.23. The zero-order valence-electron chi connectivity index (χ0n) is 13.5. The number of hydrogen-bond acceptors (Lipinski definition) is 5. The third-order valence-electron chi connectivity index (χ3n) is 2.95. The minimum atomic E-state index is -0.501. The first-order chi connectivity index (χ1) is 10.9. The first-order valence-electron chi connectivity index (χ1n) is 7.30. The molecule has 0 bridgehead atoms. The molecule has 5 heteroatoms. The molecule has 0 fully saturated rings. The smallest absolute Gasteiger partial charge is 0.338 e. The second-order valence-corrected chi connectivity index (χ2v) is 6.10. The fraction of sp³-hybridized carbons (Fsp3) is 0.278. The van der Waals surface area contributed by atoms with E-state index in [1.807, 2.05) is 39.0 Å². The van der Waals surface area contributed by atoms with E-state index in [2.05, 4.69) is 10.3 Å². The number of ether oxygens (including phenoxy) is 1. The number of hydrogen-bond donors (Lipinski definition) is 1. The maximum absolute atomic E-state index is 11.9. The molecule has 1 N–H and O–H groups in total. The monoisotopic (exact) mass is 309 g/mol. The second kappa shape index (κ2) is 6.93. The molecule has 0 aliphatic rings. The first kappa shape index (κ1) is 16.5. The first-order valence-corrected chi connectivity index (χ1v) is 7.30. The SMILES string of the molecule is CC(C)(C)OC(=O)c1ccc(CNc2ccc(C#N)cn2)cc1. The van der Waals surface area contributed by atoms with Crippen molar-refractivity contribution in [1.82, 2.24) is 4.98 Å². The van der Waals surface area contributed by atoms with E-state index in [1.165, 1.54) is 6.20 Å². The third kappa shape index (κ3) is 5.11. The van der Waals surface area contributed by atoms with Gasteiger partial charge in [0.15, 0.2) is 0 Å². The topological polar surface area (TPSA) is 75.0 Å². The fourth-order valence-electron chi connectivity index (χ4n) is 1.85. The van der Waals surface area contributed by atoms with E-state index in [9.17, 15) is 4.79 Å². The lowest BCUT2D eigenvalue weighted by molar-refractivity contribution is 0.00695. The summed E-state index contributed by atoms with van der Waals surface area (Å²) in [5, 5.41) is 11.9. The van der Waals surface area contributed by atoms with Gasteiger partial charge in [-0.3, -0.25) is 0 Å². The van der Waals surface area contributed by atoms with Gasteiger partial charge in [0.2, 0.25) is 0 Å². The van der Waals surface area contributed by atoms with Crippen molar-refractivity contribution in [3.05, 3.63) is 59.3 Å². The summed E-state index contributed by atoms with van der Waals surface area (Å²) in [7, 11) is 0. The number of rotatable bonds is 4. The Kier molecular flexibility index (Phi) is 4.97. The van der Waals surface area contributed by atoms with Crippen LogP contribution in [-0.4, -0.2) is 16.6 Å². The van der Waals surface area contributed by atoms with Gasteiger partial charge in [0, 0.05) is 12.7 Å². The van der Waals surface area contributed by atoms with Crippen molar-refractivity contribution in [2.75, 3.05) is 5.32 Å². The molecule has 2 rings (SSSR count). The Balaban J connectivity index is 1.94. The summed E-state index contributed by atoms with van der Waals surface area (Å²) in [5.74, 6) is 0.367. The number of nitriles is 1. The molecule has 5 nitrogen and oxygen atoms in total. The highest BCUT2D eigenvalue weighted by Gasteiger charge is 2.17. The molecule has 1 heterocycles. The number of carbonyl (C=O) groups is 1. The van der Waals surface area contributed by atoms with Crippen LogP contribution in [0.15, 0.2) is 42.6 Å². The van der Waals surface area contributed by atoms with E-state index in [1.54, 1.807) is 24.3 Å². The van der Waals surface area contributed by atoms with E-state index in [0.29, 0.717) is 23.5 Å². The highest BCUT2D eigenvalue weighted by molar-refractivity contribution is 5.89. The standard InChI is InChI=1S/C18H19N3O2/c1-18(2,3)23-17(22)15-7-4-13(5-8-15)11-20-16-9-6-14(10-19)12-21-16/h4-9,12H,11H2,1-3H3,(H,20,21). The molecule has 0 atom stereocenters. The number of benzene rings is 1. The molecular weight excluding hydrogens is 290 g/mol. The highest BCUT2D eigenvalue weighted by Crippen LogP contribution is 2.13. The molecular formula is C18H19N3O2. The van der Waals surface area contributed by atoms with E-state index in [0.717, 1.165) is 5.56 Å². The summed E-state index contributed by atoms with van der Waals surface area (Å²) in [6, 6.07) is 12.7. The molecule has 0 amide bonds. The lowest BCUT2D eigenvalue weighted by atomic mass is 10.1. The van der Waals surface area contributed by atoms with Crippen molar-refractivity contribution in [3.8, 4) is 6.07 Å². The largest absolute Gasteiger partial charge is 0.456 e. The Morgan fingerprint density at radius 1 is 1.22 bits per heavy atom. The van der Waals surface area contributed by atoms with Crippen LogP contribution in [0.3, 0.4) is 0 Å². The van der Waals surface area contributed by atoms with Gasteiger partial charge in [-0.2, -0.15) is 5.26 Å². The average molecular weight is 309 g/mol. The molecule has 23 heavy (non-hydrogen) atoms. The van der Waals surface area contributed by atoms with E-state index >= 15 is 0 Å². The Morgan fingerprint density at radius 2 is 1.91 bits per heavy atom. The molecule has 0 radical (unpaired) electrons. The summed E-state index contributed by atoms with van der Waals surface area (Å²) in [5.41, 5.74) is 1.57. The van der Waals surface area contributed by atoms with Crippen molar-refractivity contribution in [2.45, 2.75) is 32.9 Å². The van der Waals surface area contributed by atoms with Gasteiger partial charge in [0.05, 0.1) is 11.1 Å². The summed E-state index contributed by atoms with van der Waals surface area (Å²) in [6.45, 7) is 6.10. The normalized spacial score (nSPS) is 10.7. The van der Waals surface area contributed by atoms with Gasteiger partial charge in [-0.15, -0.1) is 0 Å². The van der Waals surface area contributed by atoms with Gasteiger partial charge in [0.25, 0.3) is 0 Å². The van der Waals surface area contributed by atoms with Crippen molar-refractivity contribution in [2.24, 2.45) is 0 Å². The van der Waals surface area contributed by atoms with Gasteiger partial charge in [-0.05, 0) is 50.6 Å². The van der Waals surface area contributed by atoms with Gasteiger partial charge in [-0.1, -0.05) is 12.1 Å². The Bertz CT molecular complexity index is 708. The van der Waals surface area contributed by atoms with Crippen molar-refractivity contribution in [3.63, 3.8) is 0 Å². The fourth-order valence-corrected chi connectivity index (χ4v) is 1.85. The predicted molar refractivity (Wildman–Crippen MR) is 87.9 cm³/mol. The molecule has 118 valence electrons. The number of aromatic nitrogens is 1. The van der Waals surface area contributed by atoms with Crippen LogP contribution in [0.2, 0.25) is 0 Å². The van der Waals surface area contributed by atoms with Gasteiger partial charge in [0.1, 0.15) is 17.5 Å².